The third-order valence-electron chi connectivity index (χ3n) is 3.83. The molecule has 0 bridgehead atoms. The Hall–Kier alpha value is -3.57. The molecule has 0 aliphatic carbocycles. The van der Waals surface area contributed by atoms with Crippen molar-refractivity contribution in [1.29, 1.82) is 10.5 Å². The molecule has 0 heterocycles. The van der Waals surface area contributed by atoms with Crippen LogP contribution in [0, 0.1) is 22.7 Å². The maximum absolute atomic E-state index is 12.5. The van der Waals surface area contributed by atoms with Crippen molar-refractivity contribution < 1.29 is 4.79 Å². The standard InChI is InChI=1S/C21H20N4O/c1-16(2)25(14-17-8-4-3-5-9-17)15-19(13-23)21(26)24-20-11-7-6-10-18(20)12-22/h3-11,15-16H,14H2,1-2H3,(H,24,26)/b19-15-. The van der Waals surface area contributed by atoms with E-state index in [1.165, 1.54) is 0 Å². The zero-order chi connectivity index (χ0) is 18.9. The van der Waals surface area contributed by atoms with Crippen molar-refractivity contribution in [2.24, 2.45) is 0 Å². The maximum atomic E-state index is 12.5. The van der Waals surface area contributed by atoms with Crippen molar-refractivity contribution in [3.63, 3.8) is 0 Å². The Labute approximate surface area is 153 Å². The van der Waals surface area contributed by atoms with Gasteiger partial charge in [-0.15, -0.1) is 0 Å². The summed E-state index contributed by atoms with van der Waals surface area (Å²) in [6, 6.07) is 20.6. The van der Waals surface area contributed by atoms with E-state index in [2.05, 4.69) is 5.32 Å². The molecule has 0 atom stereocenters. The minimum atomic E-state index is -0.533. The van der Waals surface area contributed by atoms with Crippen LogP contribution in [-0.2, 0) is 11.3 Å². The first-order chi connectivity index (χ1) is 12.5. The number of nitriles is 2. The number of nitrogens with zero attached hydrogens (tertiary/aromatic N) is 3. The molecule has 0 spiro atoms. The molecule has 5 heteroatoms. The molecule has 2 rings (SSSR count). The summed E-state index contributed by atoms with van der Waals surface area (Å²) in [5, 5.41) is 21.2. The average molecular weight is 344 g/mol. The van der Waals surface area contributed by atoms with Gasteiger partial charge in [0.25, 0.3) is 5.91 Å². The van der Waals surface area contributed by atoms with Crippen molar-refractivity contribution in [3.05, 3.63) is 77.5 Å². The minimum Gasteiger partial charge on any atom is -0.369 e. The van der Waals surface area contributed by atoms with Crippen molar-refractivity contribution in [2.75, 3.05) is 5.32 Å². The predicted octanol–water partition coefficient (Wildman–Crippen LogP) is 3.81. The normalized spacial score (nSPS) is 10.7. The van der Waals surface area contributed by atoms with E-state index in [-0.39, 0.29) is 11.6 Å². The molecule has 0 saturated carbocycles. The van der Waals surface area contributed by atoms with Crippen molar-refractivity contribution in [3.8, 4) is 12.1 Å². The van der Waals surface area contributed by atoms with Gasteiger partial charge >= 0.3 is 0 Å². The number of carbonyl (C=O) groups excluding carboxylic acids is 1. The van der Waals surface area contributed by atoms with Gasteiger partial charge in [0.2, 0.25) is 0 Å². The monoisotopic (exact) mass is 344 g/mol. The van der Waals surface area contributed by atoms with Gasteiger partial charge in [0.05, 0.1) is 11.3 Å². The lowest BCUT2D eigenvalue weighted by molar-refractivity contribution is -0.112. The fourth-order valence-electron chi connectivity index (χ4n) is 2.35. The highest BCUT2D eigenvalue weighted by Gasteiger charge is 2.15. The zero-order valence-electron chi connectivity index (χ0n) is 14.8. The number of rotatable bonds is 6. The van der Waals surface area contributed by atoms with Gasteiger partial charge in [-0.3, -0.25) is 4.79 Å². The first-order valence-corrected chi connectivity index (χ1v) is 8.27. The van der Waals surface area contributed by atoms with Crippen LogP contribution in [0.5, 0.6) is 0 Å². The molecule has 2 aromatic carbocycles. The number of hydrogen-bond donors (Lipinski definition) is 1. The highest BCUT2D eigenvalue weighted by atomic mass is 16.1. The second-order valence-electron chi connectivity index (χ2n) is 6.02. The molecule has 130 valence electrons. The van der Waals surface area contributed by atoms with Gasteiger partial charge in [0.15, 0.2) is 0 Å². The summed E-state index contributed by atoms with van der Waals surface area (Å²) < 4.78 is 0. The van der Waals surface area contributed by atoms with Crippen LogP contribution in [0.4, 0.5) is 5.69 Å². The van der Waals surface area contributed by atoms with Crippen LogP contribution in [0.2, 0.25) is 0 Å². The zero-order valence-corrected chi connectivity index (χ0v) is 14.8. The fraction of sp³-hybridized carbons (Fsp3) is 0.190. The number of carbonyl (C=O) groups is 1. The number of amides is 1. The molecule has 26 heavy (non-hydrogen) atoms. The maximum Gasteiger partial charge on any atom is 0.267 e. The van der Waals surface area contributed by atoms with Crippen LogP contribution in [0.3, 0.4) is 0 Å². The van der Waals surface area contributed by atoms with E-state index < -0.39 is 5.91 Å². The molecule has 5 nitrogen and oxygen atoms in total. The number of hydrogen-bond acceptors (Lipinski definition) is 4. The van der Waals surface area contributed by atoms with Gasteiger partial charge in [-0.25, -0.2) is 0 Å². The Balaban J connectivity index is 2.22. The first-order valence-electron chi connectivity index (χ1n) is 8.27. The summed E-state index contributed by atoms with van der Waals surface area (Å²) in [6.07, 6.45) is 1.57. The van der Waals surface area contributed by atoms with Gasteiger partial charge in [-0.1, -0.05) is 42.5 Å². The predicted molar refractivity (Wildman–Crippen MR) is 101 cm³/mol. The van der Waals surface area contributed by atoms with E-state index in [9.17, 15) is 10.1 Å². The van der Waals surface area contributed by atoms with Gasteiger partial charge in [-0.2, -0.15) is 10.5 Å². The third-order valence-corrected chi connectivity index (χ3v) is 3.83. The number of para-hydroxylation sites is 1. The van der Waals surface area contributed by atoms with E-state index in [1.54, 1.807) is 30.5 Å². The Morgan fingerprint density at radius 3 is 2.38 bits per heavy atom. The summed E-state index contributed by atoms with van der Waals surface area (Å²) in [6.45, 7) is 4.58. The molecule has 1 amide bonds. The van der Waals surface area contributed by atoms with E-state index in [4.69, 9.17) is 5.26 Å². The first kappa shape index (κ1) is 18.8. The Bertz CT molecular complexity index is 873. The number of benzene rings is 2. The molecular weight excluding hydrogens is 324 g/mol. The SMILES string of the molecule is CC(C)N(/C=C(/C#N)C(=O)Nc1ccccc1C#N)Cc1ccccc1. The minimum absolute atomic E-state index is 0.0117. The molecular formula is C21H20N4O. The fourth-order valence-corrected chi connectivity index (χ4v) is 2.35. The molecule has 0 aliphatic heterocycles. The summed E-state index contributed by atoms with van der Waals surface area (Å²) in [5.41, 5.74) is 1.82. The third kappa shape index (κ3) is 4.96. The van der Waals surface area contributed by atoms with E-state index >= 15 is 0 Å². The van der Waals surface area contributed by atoms with E-state index in [1.807, 2.05) is 61.2 Å². The highest BCUT2D eigenvalue weighted by Crippen LogP contribution is 2.16. The molecule has 0 aromatic heterocycles. The van der Waals surface area contributed by atoms with Crippen molar-refractivity contribution >= 4 is 11.6 Å². The van der Waals surface area contributed by atoms with Crippen molar-refractivity contribution in [2.45, 2.75) is 26.4 Å². The van der Waals surface area contributed by atoms with Gasteiger partial charge < -0.3 is 10.2 Å². The largest absolute Gasteiger partial charge is 0.369 e. The molecule has 0 saturated heterocycles. The molecule has 0 fully saturated rings. The molecule has 0 aliphatic rings. The summed E-state index contributed by atoms with van der Waals surface area (Å²) >= 11 is 0. The lowest BCUT2D eigenvalue weighted by atomic mass is 10.1. The average Bonchev–Trinajstić information content (AvgIpc) is 2.66. The van der Waals surface area contributed by atoms with Crippen LogP contribution in [0.25, 0.3) is 0 Å². The lowest BCUT2D eigenvalue weighted by Gasteiger charge is -2.25. The lowest BCUT2D eigenvalue weighted by Crippen LogP contribution is -2.27. The topological polar surface area (TPSA) is 79.9 Å². The molecule has 0 radical (unpaired) electrons. The van der Waals surface area contributed by atoms with Crippen LogP contribution in [0.1, 0.15) is 25.0 Å². The van der Waals surface area contributed by atoms with E-state index in [0.29, 0.717) is 17.8 Å². The second kappa shape index (κ2) is 9.05. The number of anilines is 1. The van der Waals surface area contributed by atoms with Gasteiger partial charge in [-0.05, 0) is 31.5 Å². The summed E-state index contributed by atoms with van der Waals surface area (Å²) in [4.78, 5) is 14.4. The van der Waals surface area contributed by atoms with Gasteiger partial charge in [0.1, 0.15) is 17.7 Å². The quantitative estimate of drug-likeness (QED) is 0.638. The number of nitrogens with one attached hydrogen (secondary N) is 1. The Morgan fingerprint density at radius 1 is 1.12 bits per heavy atom. The Kier molecular flexibility index (Phi) is 6.53. The van der Waals surface area contributed by atoms with Gasteiger partial charge in [0, 0.05) is 18.8 Å². The Morgan fingerprint density at radius 2 is 1.77 bits per heavy atom. The highest BCUT2D eigenvalue weighted by molar-refractivity contribution is 6.07. The second-order valence-corrected chi connectivity index (χ2v) is 6.02. The van der Waals surface area contributed by atoms with E-state index in [0.717, 1.165) is 5.56 Å². The van der Waals surface area contributed by atoms with Crippen LogP contribution in [-0.4, -0.2) is 16.8 Å². The van der Waals surface area contributed by atoms with Crippen LogP contribution >= 0.6 is 0 Å². The summed E-state index contributed by atoms with van der Waals surface area (Å²) in [7, 11) is 0. The smallest absolute Gasteiger partial charge is 0.267 e. The summed E-state index contributed by atoms with van der Waals surface area (Å²) in [5.74, 6) is -0.533. The molecule has 0 unspecified atom stereocenters. The van der Waals surface area contributed by atoms with Crippen LogP contribution < -0.4 is 5.32 Å². The van der Waals surface area contributed by atoms with Crippen molar-refractivity contribution in [1.82, 2.24) is 4.90 Å². The molecule has 1 N–H and O–H groups in total. The van der Waals surface area contributed by atoms with Crippen LogP contribution in [0.15, 0.2) is 66.4 Å². The molecule has 2 aromatic rings.